The number of nitrogens with one attached hydrogen (secondary N) is 1. The quantitative estimate of drug-likeness (QED) is 0.800. The zero-order valence-corrected chi connectivity index (χ0v) is 12.8. The molecule has 0 bridgehead atoms. The molecular weight excluding hydrogens is 254 g/mol. The summed E-state index contributed by atoms with van der Waals surface area (Å²) in [4.78, 5) is 18.7. The number of nitrogens with zero attached hydrogens (tertiary/aromatic N) is 2. The molecule has 0 aliphatic carbocycles. The molecule has 112 valence electrons. The highest BCUT2D eigenvalue weighted by molar-refractivity contribution is 5.95. The fraction of sp³-hybridized carbons (Fsp3) is 0.600. The summed E-state index contributed by atoms with van der Waals surface area (Å²) in [5, 5.41) is 12.1. The molecule has 1 amide bonds. The van der Waals surface area contributed by atoms with Crippen LogP contribution in [0.25, 0.3) is 0 Å². The lowest BCUT2D eigenvalue weighted by Gasteiger charge is -2.26. The molecule has 0 aromatic carbocycles. The second kappa shape index (κ2) is 7.85. The highest BCUT2D eigenvalue weighted by Gasteiger charge is 2.19. The Morgan fingerprint density at radius 3 is 2.65 bits per heavy atom. The molecule has 5 nitrogen and oxygen atoms in total. The Bertz CT molecular complexity index is 447. The summed E-state index contributed by atoms with van der Waals surface area (Å²) in [7, 11) is 1.79. The van der Waals surface area contributed by atoms with Crippen LogP contribution in [0.5, 0.6) is 0 Å². The van der Waals surface area contributed by atoms with Crippen molar-refractivity contribution in [3.05, 3.63) is 23.4 Å². The van der Waals surface area contributed by atoms with Gasteiger partial charge in [-0.2, -0.15) is 0 Å². The maximum absolute atomic E-state index is 12.6. The Hall–Kier alpha value is -1.62. The molecule has 0 unspecified atom stereocenters. The van der Waals surface area contributed by atoms with Crippen molar-refractivity contribution in [3.63, 3.8) is 0 Å². The number of hydrogen-bond donors (Lipinski definition) is 2. The summed E-state index contributed by atoms with van der Waals surface area (Å²) >= 11 is 0. The highest BCUT2D eigenvalue weighted by atomic mass is 16.3. The van der Waals surface area contributed by atoms with Gasteiger partial charge < -0.3 is 15.3 Å². The molecule has 1 aromatic heterocycles. The number of aromatic nitrogens is 1. The molecule has 20 heavy (non-hydrogen) atoms. The Kier molecular flexibility index (Phi) is 6.45. The number of rotatable bonds is 7. The summed E-state index contributed by atoms with van der Waals surface area (Å²) in [6.07, 6.45) is 1.83. The number of aryl methyl sites for hydroxylation is 1. The minimum atomic E-state index is -0.0645. The van der Waals surface area contributed by atoms with Crippen molar-refractivity contribution in [1.29, 1.82) is 0 Å². The number of amides is 1. The summed E-state index contributed by atoms with van der Waals surface area (Å²) in [5.41, 5.74) is 1.53. The van der Waals surface area contributed by atoms with Crippen molar-refractivity contribution >= 4 is 11.7 Å². The predicted octanol–water partition coefficient (Wildman–Crippen LogP) is 1.92. The lowest BCUT2D eigenvalue weighted by Crippen LogP contribution is -2.39. The summed E-state index contributed by atoms with van der Waals surface area (Å²) in [5.74, 6) is 0.636. The number of aliphatic hydroxyl groups excluding tert-OH is 1. The molecule has 5 heteroatoms. The Morgan fingerprint density at radius 2 is 2.15 bits per heavy atom. The summed E-state index contributed by atoms with van der Waals surface area (Å²) < 4.78 is 0. The van der Waals surface area contributed by atoms with Gasteiger partial charge in [0, 0.05) is 30.9 Å². The summed E-state index contributed by atoms with van der Waals surface area (Å²) in [6, 6.07) is 3.66. The molecule has 1 aromatic rings. The van der Waals surface area contributed by atoms with Crippen molar-refractivity contribution in [2.24, 2.45) is 0 Å². The van der Waals surface area contributed by atoms with Crippen LogP contribution in [0, 0.1) is 0 Å². The van der Waals surface area contributed by atoms with Gasteiger partial charge in [-0.15, -0.1) is 0 Å². The van der Waals surface area contributed by atoms with Crippen LogP contribution in [0.1, 0.15) is 43.2 Å². The Balaban J connectivity index is 3.09. The van der Waals surface area contributed by atoms with Gasteiger partial charge in [-0.05, 0) is 32.4 Å². The fourth-order valence-corrected chi connectivity index (χ4v) is 2.09. The van der Waals surface area contributed by atoms with Crippen molar-refractivity contribution in [3.8, 4) is 0 Å². The van der Waals surface area contributed by atoms with E-state index >= 15 is 0 Å². The number of hydrogen-bond acceptors (Lipinski definition) is 4. The van der Waals surface area contributed by atoms with Crippen molar-refractivity contribution in [2.45, 2.75) is 39.7 Å². The monoisotopic (exact) mass is 279 g/mol. The molecule has 1 heterocycles. The van der Waals surface area contributed by atoms with Gasteiger partial charge in [-0.25, -0.2) is 4.98 Å². The number of aliphatic hydroxyl groups is 1. The number of carbonyl (C=O) groups is 1. The highest BCUT2D eigenvalue weighted by Crippen LogP contribution is 2.15. The zero-order chi connectivity index (χ0) is 15.1. The Labute approximate surface area is 121 Å². The molecule has 0 atom stereocenters. The molecule has 1 rings (SSSR count). The lowest BCUT2D eigenvalue weighted by atomic mass is 10.1. The second-order valence-corrected chi connectivity index (χ2v) is 5.05. The van der Waals surface area contributed by atoms with Gasteiger partial charge in [0.15, 0.2) is 0 Å². The Morgan fingerprint density at radius 1 is 1.45 bits per heavy atom. The van der Waals surface area contributed by atoms with Crippen LogP contribution in [-0.4, -0.2) is 47.1 Å². The third kappa shape index (κ3) is 4.20. The van der Waals surface area contributed by atoms with Gasteiger partial charge in [0.25, 0.3) is 5.91 Å². The van der Waals surface area contributed by atoms with Crippen LogP contribution < -0.4 is 5.32 Å². The van der Waals surface area contributed by atoms with Crippen LogP contribution in [-0.2, 0) is 6.42 Å². The van der Waals surface area contributed by atoms with Crippen molar-refractivity contribution < 1.29 is 9.90 Å². The second-order valence-electron chi connectivity index (χ2n) is 5.05. The normalized spacial score (nSPS) is 10.7. The van der Waals surface area contributed by atoms with E-state index in [9.17, 15) is 4.79 Å². The molecule has 0 fully saturated rings. The van der Waals surface area contributed by atoms with Crippen LogP contribution in [0.4, 0.5) is 5.82 Å². The third-order valence-corrected chi connectivity index (χ3v) is 3.11. The maximum Gasteiger partial charge on any atom is 0.254 e. The van der Waals surface area contributed by atoms with E-state index in [0.717, 1.165) is 18.5 Å². The van der Waals surface area contributed by atoms with Gasteiger partial charge in [0.2, 0.25) is 0 Å². The molecule has 0 saturated carbocycles. The van der Waals surface area contributed by atoms with Gasteiger partial charge >= 0.3 is 0 Å². The van der Waals surface area contributed by atoms with E-state index in [4.69, 9.17) is 5.11 Å². The van der Waals surface area contributed by atoms with E-state index in [0.29, 0.717) is 17.9 Å². The fourth-order valence-electron chi connectivity index (χ4n) is 2.09. The van der Waals surface area contributed by atoms with Crippen LogP contribution in [0.3, 0.4) is 0 Å². The SMILES string of the molecule is CCCc1cc(C(=O)N(CCO)C(C)C)cc(NC)n1. The topological polar surface area (TPSA) is 65.5 Å². The first kappa shape index (κ1) is 16.4. The van der Waals surface area contributed by atoms with Crippen molar-refractivity contribution in [2.75, 3.05) is 25.5 Å². The molecular formula is C15H25N3O2. The van der Waals surface area contributed by atoms with Crippen LogP contribution in [0.15, 0.2) is 12.1 Å². The van der Waals surface area contributed by atoms with Crippen LogP contribution in [0.2, 0.25) is 0 Å². The van der Waals surface area contributed by atoms with Gasteiger partial charge in [-0.3, -0.25) is 4.79 Å². The number of anilines is 1. The van der Waals surface area contributed by atoms with E-state index in [1.54, 1.807) is 18.0 Å². The maximum atomic E-state index is 12.6. The first-order valence-electron chi connectivity index (χ1n) is 7.14. The van der Waals surface area contributed by atoms with E-state index in [1.165, 1.54) is 0 Å². The standard InChI is InChI=1S/C15H25N3O2/c1-5-6-13-9-12(10-14(16-4)17-13)15(20)18(7-8-19)11(2)3/h9-11,19H,5-8H2,1-4H3,(H,16,17). The van der Waals surface area contributed by atoms with E-state index in [1.807, 2.05) is 19.9 Å². The largest absolute Gasteiger partial charge is 0.395 e. The number of carbonyl (C=O) groups excluding carboxylic acids is 1. The minimum absolute atomic E-state index is 0.0320. The predicted molar refractivity (Wildman–Crippen MR) is 81.0 cm³/mol. The van der Waals surface area contributed by atoms with E-state index < -0.39 is 0 Å². The van der Waals surface area contributed by atoms with E-state index in [-0.39, 0.29) is 18.6 Å². The van der Waals surface area contributed by atoms with Gasteiger partial charge in [-0.1, -0.05) is 13.3 Å². The first-order chi connectivity index (χ1) is 9.53. The zero-order valence-electron chi connectivity index (χ0n) is 12.8. The third-order valence-electron chi connectivity index (χ3n) is 3.11. The lowest BCUT2D eigenvalue weighted by molar-refractivity contribution is 0.0665. The van der Waals surface area contributed by atoms with E-state index in [2.05, 4.69) is 17.2 Å². The average Bonchev–Trinajstić information content (AvgIpc) is 2.43. The average molecular weight is 279 g/mol. The molecule has 0 aliphatic rings. The van der Waals surface area contributed by atoms with Gasteiger partial charge in [0.05, 0.1) is 6.61 Å². The number of pyridine rings is 1. The first-order valence-corrected chi connectivity index (χ1v) is 7.14. The molecule has 0 saturated heterocycles. The smallest absolute Gasteiger partial charge is 0.254 e. The minimum Gasteiger partial charge on any atom is -0.395 e. The molecule has 0 spiro atoms. The molecule has 2 N–H and O–H groups in total. The van der Waals surface area contributed by atoms with Crippen LogP contribution >= 0.6 is 0 Å². The van der Waals surface area contributed by atoms with Gasteiger partial charge in [0.1, 0.15) is 5.82 Å². The summed E-state index contributed by atoms with van der Waals surface area (Å²) in [6.45, 7) is 6.29. The molecule has 0 aliphatic heterocycles. The molecule has 0 radical (unpaired) electrons. The van der Waals surface area contributed by atoms with Crippen molar-refractivity contribution in [1.82, 2.24) is 9.88 Å².